The number of carbonyl (C=O) groups excluding carboxylic acids is 1. The maximum atomic E-state index is 11.1. The van der Waals surface area contributed by atoms with Crippen molar-refractivity contribution in [3.05, 3.63) is 42.0 Å². The molecule has 0 aromatic heterocycles. The summed E-state index contributed by atoms with van der Waals surface area (Å²) in [5.41, 5.74) is 1.19. The van der Waals surface area contributed by atoms with Gasteiger partial charge in [-0.3, -0.25) is 0 Å². The summed E-state index contributed by atoms with van der Waals surface area (Å²) in [7, 11) is 0. The number of rotatable bonds is 7. The van der Waals surface area contributed by atoms with Crippen LogP contribution in [-0.2, 0) is 16.0 Å². The molecule has 0 bridgehead atoms. The van der Waals surface area contributed by atoms with Gasteiger partial charge in [-0.25, -0.2) is 4.79 Å². The first-order chi connectivity index (χ1) is 8.77. The van der Waals surface area contributed by atoms with Gasteiger partial charge in [-0.05, 0) is 25.0 Å². The number of ether oxygens (including phenoxy) is 2. The molecule has 0 aliphatic heterocycles. The zero-order valence-corrected chi connectivity index (χ0v) is 11.0. The van der Waals surface area contributed by atoms with Gasteiger partial charge in [0.05, 0.1) is 0 Å². The Morgan fingerprint density at radius 1 is 1.28 bits per heavy atom. The van der Waals surface area contributed by atoms with Crippen LogP contribution in [0.2, 0.25) is 0 Å². The normalized spacial score (nSPS) is 10.6. The molecule has 0 fully saturated rings. The summed E-state index contributed by atoms with van der Waals surface area (Å²) in [5.74, 6) is 0.546. The quantitative estimate of drug-likeness (QED) is 0.422. The summed E-state index contributed by atoms with van der Waals surface area (Å²) in [4.78, 5) is 11.1. The highest BCUT2D eigenvalue weighted by Gasteiger charge is 2.02. The van der Waals surface area contributed by atoms with Crippen molar-refractivity contribution >= 4 is 5.97 Å². The molecule has 3 nitrogen and oxygen atoms in total. The van der Waals surface area contributed by atoms with Gasteiger partial charge in [0.1, 0.15) is 19.0 Å². The Morgan fingerprint density at radius 3 is 2.78 bits per heavy atom. The molecular formula is C15H20O3. The second-order valence-corrected chi connectivity index (χ2v) is 3.87. The molecular weight excluding hydrogens is 228 g/mol. The largest absolute Gasteiger partial charge is 0.490 e. The summed E-state index contributed by atoms with van der Waals surface area (Å²) in [6, 6.07) is 7.95. The zero-order valence-electron chi connectivity index (χ0n) is 11.0. The highest BCUT2D eigenvalue weighted by Crippen LogP contribution is 2.19. The van der Waals surface area contributed by atoms with Crippen molar-refractivity contribution in [1.82, 2.24) is 0 Å². The predicted molar refractivity (Wildman–Crippen MR) is 71.7 cm³/mol. The number of para-hydroxylation sites is 1. The lowest BCUT2D eigenvalue weighted by Gasteiger charge is -2.10. The number of benzene rings is 1. The van der Waals surface area contributed by atoms with E-state index >= 15 is 0 Å². The molecule has 1 rings (SSSR count). The standard InChI is InChI=1S/C15H20O3/c1-3-7-13-9-5-6-10-14(13)17-11-12-18-15(16)8-4-2/h4-6,8-10H,3,7,11-12H2,1-2H3. The molecule has 0 atom stereocenters. The number of allylic oxidation sites excluding steroid dienone is 1. The zero-order chi connectivity index (χ0) is 13.2. The monoisotopic (exact) mass is 248 g/mol. The lowest BCUT2D eigenvalue weighted by molar-refractivity contribution is -0.138. The van der Waals surface area contributed by atoms with E-state index in [0.29, 0.717) is 6.61 Å². The maximum Gasteiger partial charge on any atom is 0.330 e. The third-order valence-electron chi connectivity index (χ3n) is 2.38. The third-order valence-corrected chi connectivity index (χ3v) is 2.38. The van der Waals surface area contributed by atoms with Crippen molar-refractivity contribution in [1.29, 1.82) is 0 Å². The van der Waals surface area contributed by atoms with Crippen LogP contribution in [0.15, 0.2) is 36.4 Å². The highest BCUT2D eigenvalue weighted by molar-refractivity contribution is 5.81. The van der Waals surface area contributed by atoms with Gasteiger partial charge in [-0.1, -0.05) is 37.6 Å². The van der Waals surface area contributed by atoms with Gasteiger partial charge < -0.3 is 9.47 Å². The van der Waals surface area contributed by atoms with Crippen molar-refractivity contribution in [3.8, 4) is 5.75 Å². The molecule has 0 amide bonds. The number of aryl methyl sites for hydroxylation is 1. The van der Waals surface area contributed by atoms with Gasteiger partial charge in [-0.15, -0.1) is 0 Å². The first-order valence-corrected chi connectivity index (χ1v) is 6.28. The van der Waals surface area contributed by atoms with Gasteiger partial charge in [-0.2, -0.15) is 0 Å². The SMILES string of the molecule is CC=CC(=O)OCCOc1ccccc1CCC. The Kier molecular flexibility index (Phi) is 6.62. The first kappa shape index (κ1) is 14.3. The number of hydrogen-bond donors (Lipinski definition) is 0. The van der Waals surface area contributed by atoms with Crippen molar-refractivity contribution in [2.45, 2.75) is 26.7 Å². The minimum Gasteiger partial charge on any atom is -0.490 e. The van der Waals surface area contributed by atoms with Gasteiger partial charge in [0, 0.05) is 6.08 Å². The molecule has 0 heterocycles. The Morgan fingerprint density at radius 2 is 2.06 bits per heavy atom. The third kappa shape index (κ3) is 5.04. The summed E-state index contributed by atoms with van der Waals surface area (Å²) in [5, 5.41) is 0. The lowest BCUT2D eigenvalue weighted by atomic mass is 10.1. The van der Waals surface area contributed by atoms with Crippen LogP contribution in [0.4, 0.5) is 0 Å². The molecule has 3 heteroatoms. The topological polar surface area (TPSA) is 35.5 Å². The van der Waals surface area contributed by atoms with Crippen LogP contribution in [0.1, 0.15) is 25.8 Å². The Labute approximate surface area is 108 Å². The maximum absolute atomic E-state index is 11.1. The van der Waals surface area contributed by atoms with E-state index in [9.17, 15) is 4.79 Å². The van der Waals surface area contributed by atoms with E-state index < -0.39 is 0 Å². The lowest BCUT2D eigenvalue weighted by Crippen LogP contribution is -2.11. The van der Waals surface area contributed by atoms with E-state index in [1.807, 2.05) is 18.2 Å². The van der Waals surface area contributed by atoms with Crippen molar-refractivity contribution in [2.24, 2.45) is 0 Å². The van der Waals surface area contributed by atoms with E-state index in [-0.39, 0.29) is 12.6 Å². The van der Waals surface area contributed by atoms with Crippen LogP contribution in [0.5, 0.6) is 5.75 Å². The minimum absolute atomic E-state index is 0.267. The molecule has 0 aliphatic rings. The fraction of sp³-hybridized carbons (Fsp3) is 0.400. The average Bonchev–Trinajstić information content (AvgIpc) is 2.37. The predicted octanol–water partition coefficient (Wildman–Crippen LogP) is 3.14. The molecule has 1 aromatic carbocycles. The number of carbonyl (C=O) groups is 1. The summed E-state index contributed by atoms with van der Waals surface area (Å²) >= 11 is 0. The Hall–Kier alpha value is -1.77. The molecule has 0 radical (unpaired) electrons. The fourth-order valence-electron chi connectivity index (χ4n) is 1.60. The number of hydrogen-bond acceptors (Lipinski definition) is 3. The second-order valence-electron chi connectivity index (χ2n) is 3.87. The minimum atomic E-state index is -0.331. The van der Waals surface area contributed by atoms with Crippen LogP contribution in [0.25, 0.3) is 0 Å². The summed E-state index contributed by atoms with van der Waals surface area (Å²) in [6.45, 7) is 4.56. The summed E-state index contributed by atoms with van der Waals surface area (Å²) in [6.07, 6.45) is 5.12. The van der Waals surface area contributed by atoms with E-state index in [1.165, 1.54) is 11.6 Å². The van der Waals surface area contributed by atoms with E-state index in [1.54, 1.807) is 13.0 Å². The molecule has 0 spiro atoms. The van der Waals surface area contributed by atoms with Crippen LogP contribution in [0.3, 0.4) is 0 Å². The van der Waals surface area contributed by atoms with E-state index in [4.69, 9.17) is 9.47 Å². The van der Waals surface area contributed by atoms with Crippen LogP contribution in [0, 0.1) is 0 Å². The molecule has 0 N–H and O–H groups in total. The fourth-order valence-corrected chi connectivity index (χ4v) is 1.60. The molecule has 18 heavy (non-hydrogen) atoms. The molecule has 0 aliphatic carbocycles. The van der Waals surface area contributed by atoms with Crippen LogP contribution < -0.4 is 4.74 Å². The van der Waals surface area contributed by atoms with Gasteiger partial charge in [0.2, 0.25) is 0 Å². The van der Waals surface area contributed by atoms with Crippen molar-refractivity contribution < 1.29 is 14.3 Å². The van der Waals surface area contributed by atoms with Gasteiger partial charge in [0.25, 0.3) is 0 Å². The van der Waals surface area contributed by atoms with Gasteiger partial charge >= 0.3 is 5.97 Å². The van der Waals surface area contributed by atoms with Gasteiger partial charge in [0.15, 0.2) is 0 Å². The average molecular weight is 248 g/mol. The smallest absolute Gasteiger partial charge is 0.330 e. The van der Waals surface area contributed by atoms with Crippen molar-refractivity contribution in [3.63, 3.8) is 0 Å². The molecule has 0 unspecified atom stereocenters. The second kappa shape index (κ2) is 8.34. The molecule has 0 saturated heterocycles. The molecule has 98 valence electrons. The van der Waals surface area contributed by atoms with Crippen LogP contribution >= 0.6 is 0 Å². The van der Waals surface area contributed by atoms with E-state index in [0.717, 1.165) is 18.6 Å². The highest BCUT2D eigenvalue weighted by atomic mass is 16.6. The van der Waals surface area contributed by atoms with Crippen LogP contribution in [-0.4, -0.2) is 19.2 Å². The summed E-state index contributed by atoms with van der Waals surface area (Å²) < 4.78 is 10.6. The van der Waals surface area contributed by atoms with Crippen molar-refractivity contribution in [2.75, 3.05) is 13.2 Å². The number of esters is 1. The van der Waals surface area contributed by atoms with E-state index in [2.05, 4.69) is 13.0 Å². The Balaban J connectivity index is 2.37. The molecule has 1 aromatic rings. The Bertz CT molecular complexity index is 396. The molecule has 0 saturated carbocycles. The first-order valence-electron chi connectivity index (χ1n) is 6.28.